The minimum absolute atomic E-state index is 0.0504. The van der Waals surface area contributed by atoms with Crippen LogP contribution in [0.1, 0.15) is 40.8 Å². The molecular weight excluding hydrogens is 420 g/mol. The number of carbonyl (C=O) groups excluding carboxylic acids is 3. The Morgan fingerprint density at radius 3 is 2.69 bits per heavy atom. The number of fused-ring (bicyclic) bond motifs is 1. The number of aryl methyl sites for hydroxylation is 1. The van der Waals surface area contributed by atoms with Gasteiger partial charge in [-0.15, -0.1) is 0 Å². The van der Waals surface area contributed by atoms with Crippen molar-refractivity contribution in [2.24, 2.45) is 5.92 Å². The summed E-state index contributed by atoms with van der Waals surface area (Å²) in [4.78, 5) is 50.4. The first-order chi connectivity index (χ1) is 15.2. The Bertz CT molecular complexity index is 1190. The number of benzene rings is 1. The highest BCUT2D eigenvalue weighted by Crippen LogP contribution is 2.47. The zero-order chi connectivity index (χ0) is 23.2. The van der Waals surface area contributed by atoms with E-state index in [1.54, 1.807) is 24.3 Å². The molecule has 4 rings (SSSR count). The van der Waals surface area contributed by atoms with Gasteiger partial charge in [-0.2, -0.15) is 0 Å². The predicted octanol–water partition coefficient (Wildman–Crippen LogP) is 0.967. The van der Waals surface area contributed by atoms with Crippen molar-refractivity contribution in [3.05, 3.63) is 63.2 Å². The number of nitrogens with one attached hydrogen (secondary N) is 1. The van der Waals surface area contributed by atoms with Gasteiger partial charge in [-0.1, -0.05) is 12.1 Å². The number of carbonyl (C=O) groups is 3. The van der Waals surface area contributed by atoms with E-state index in [0.29, 0.717) is 23.1 Å². The smallest absolute Gasteiger partial charge is 0.453 e. The third kappa shape index (κ3) is 3.52. The van der Waals surface area contributed by atoms with E-state index in [-0.39, 0.29) is 35.6 Å². The number of aliphatic hydroxyl groups is 1. The summed E-state index contributed by atoms with van der Waals surface area (Å²) in [7, 11) is 1.51. The molecule has 2 aliphatic heterocycles. The molecule has 1 fully saturated rings. The molecule has 1 saturated heterocycles. The lowest BCUT2D eigenvalue weighted by Gasteiger charge is -2.44. The van der Waals surface area contributed by atoms with Crippen molar-refractivity contribution in [1.82, 2.24) is 10.2 Å². The second-order valence-electron chi connectivity index (χ2n) is 7.74. The zero-order valence-electron chi connectivity index (χ0n) is 17.7. The molecule has 0 unspecified atom stereocenters. The highest BCUT2D eigenvalue weighted by Gasteiger charge is 2.57. The van der Waals surface area contributed by atoms with E-state index in [1.807, 2.05) is 0 Å². The summed E-state index contributed by atoms with van der Waals surface area (Å²) in [5.74, 6) is -2.73. The Morgan fingerprint density at radius 2 is 2.06 bits per heavy atom. The average Bonchev–Trinajstić information content (AvgIpc) is 3.27. The fourth-order valence-corrected chi connectivity index (χ4v) is 4.21. The van der Waals surface area contributed by atoms with Gasteiger partial charge in [0.15, 0.2) is 18.1 Å². The van der Waals surface area contributed by atoms with Crippen LogP contribution in [0.4, 0.5) is 0 Å². The fraction of sp³-hybridized carbons (Fsp3) is 0.364. The monoisotopic (exact) mass is 442 g/mol. The minimum atomic E-state index is -0.905. The first-order valence-electron chi connectivity index (χ1n) is 10.1. The van der Waals surface area contributed by atoms with Crippen LogP contribution in [-0.4, -0.2) is 47.0 Å². The summed E-state index contributed by atoms with van der Waals surface area (Å²) >= 11 is 0. The van der Waals surface area contributed by atoms with Crippen molar-refractivity contribution in [3.63, 3.8) is 0 Å². The summed E-state index contributed by atoms with van der Waals surface area (Å²) in [5.41, 5.74) is 1.58. The Balaban J connectivity index is 1.69. The number of ether oxygens (including phenoxy) is 1. The summed E-state index contributed by atoms with van der Waals surface area (Å²) < 4.78 is 14.9. The molecular formula is C22H22N2O8. The Labute approximate surface area is 182 Å². The number of esters is 1. The summed E-state index contributed by atoms with van der Waals surface area (Å²) in [6, 6.07) is 6.30. The maximum atomic E-state index is 13.0. The molecule has 168 valence electrons. The van der Waals surface area contributed by atoms with Crippen molar-refractivity contribution in [2.75, 3.05) is 7.05 Å². The average molecular weight is 442 g/mol. The van der Waals surface area contributed by atoms with Gasteiger partial charge in [0.05, 0.1) is 18.1 Å². The van der Waals surface area contributed by atoms with Crippen molar-refractivity contribution in [2.45, 2.75) is 39.0 Å². The van der Waals surface area contributed by atoms with Crippen LogP contribution < -0.4 is 11.1 Å². The topological polar surface area (TPSA) is 139 Å². The molecule has 0 aliphatic carbocycles. The molecule has 2 amide bonds. The van der Waals surface area contributed by atoms with E-state index >= 15 is 0 Å². The van der Waals surface area contributed by atoms with Gasteiger partial charge in [0.2, 0.25) is 5.91 Å². The summed E-state index contributed by atoms with van der Waals surface area (Å²) in [6.45, 7) is 2.69. The second kappa shape index (κ2) is 8.12. The van der Waals surface area contributed by atoms with Crippen LogP contribution >= 0.6 is 0 Å². The van der Waals surface area contributed by atoms with E-state index in [1.165, 1.54) is 25.8 Å². The van der Waals surface area contributed by atoms with Gasteiger partial charge in [-0.05, 0) is 43.5 Å². The predicted molar refractivity (Wildman–Crippen MR) is 109 cm³/mol. The van der Waals surface area contributed by atoms with Crippen LogP contribution in [0.25, 0.3) is 5.57 Å². The van der Waals surface area contributed by atoms with Crippen LogP contribution in [-0.2, 0) is 20.9 Å². The molecule has 10 nitrogen and oxygen atoms in total. The SMILES string of the molecule is CNC(=O)c1cccc(C2=C(C(=O)OCc3oc(=O)oc3C)N3C(=O)[C@H]([C@@H](C)O)[C@H]3C2)c1. The Morgan fingerprint density at radius 1 is 1.31 bits per heavy atom. The third-order valence-corrected chi connectivity index (χ3v) is 5.79. The molecule has 32 heavy (non-hydrogen) atoms. The van der Waals surface area contributed by atoms with Crippen LogP contribution in [0.3, 0.4) is 0 Å². The number of rotatable bonds is 6. The standard InChI is InChI=1S/C22H22N2O8/c1-10(25)17-15-8-14(12-5-4-6-13(7-12)19(26)23-3)18(24(15)20(17)27)21(28)30-9-16-11(2)31-22(29)32-16/h4-7,10,15,17,25H,8-9H2,1-3H3,(H,23,26)/t10-,15-,17-/m1/s1. The first kappa shape index (κ1) is 21.6. The summed E-state index contributed by atoms with van der Waals surface area (Å²) in [6.07, 6.45) is -0.552. The molecule has 3 heterocycles. The van der Waals surface area contributed by atoms with E-state index in [4.69, 9.17) is 13.6 Å². The molecule has 2 aromatic rings. The molecule has 0 bridgehead atoms. The van der Waals surface area contributed by atoms with Gasteiger partial charge in [-0.3, -0.25) is 9.59 Å². The lowest BCUT2D eigenvalue weighted by Crippen LogP contribution is -2.61. The molecule has 10 heteroatoms. The maximum Gasteiger partial charge on any atom is 0.519 e. The van der Waals surface area contributed by atoms with Crippen LogP contribution in [0, 0.1) is 12.8 Å². The molecule has 0 spiro atoms. The van der Waals surface area contributed by atoms with E-state index < -0.39 is 29.9 Å². The van der Waals surface area contributed by atoms with Crippen molar-refractivity contribution < 1.29 is 33.1 Å². The molecule has 2 aliphatic rings. The second-order valence-corrected chi connectivity index (χ2v) is 7.74. The number of nitrogens with zero attached hydrogens (tertiary/aromatic N) is 1. The highest BCUT2D eigenvalue weighted by atomic mass is 16.6. The van der Waals surface area contributed by atoms with Crippen molar-refractivity contribution in [1.29, 1.82) is 0 Å². The van der Waals surface area contributed by atoms with Crippen LogP contribution in [0.2, 0.25) is 0 Å². The molecule has 1 aromatic carbocycles. The number of hydrogen-bond acceptors (Lipinski definition) is 8. The first-order valence-corrected chi connectivity index (χ1v) is 10.1. The Kier molecular flexibility index (Phi) is 5.47. The number of β-lactam (4-membered cyclic amide) rings is 1. The molecule has 3 atom stereocenters. The third-order valence-electron chi connectivity index (χ3n) is 5.79. The van der Waals surface area contributed by atoms with Crippen LogP contribution in [0.5, 0.6) is 0 Å². The quantitative estimate of drug-likeness (QED) is 0.498. The van der Waals surface area contributed by atoms with Gasteiger partial charge >= 0.3 is 11.8 Å². The van der Waals surface area contributed by atoms with E-state index in [2.05, 4.69) is 5.32 Å². The molecule has 1 aromatic heterocycles. The molecule has 0 radical (unpaired) electrons. The van der Waals surface area contributed by atoms with Gasteiger partial charge in [-0.25, -0.2) is 9.59 Å². The minimum Gasteiger partial charge on any atom is -0.453 e. The zero-order valence-corrected chi connectivity index (χ0v) is 17.7. The van der Waals surface area contributed by atoms with E-state index in [0.717, 1.165) is 0 Å². The Hall–Kier alpha value is -3.66. The number of aliphatic hydroxyl groups excluding tert-OH is 1. The van der Waals surface area contributed by atoms with Crippen molar-refractivity contribution >= 4 is 23.4 Å². The van der Waals surface area contributed by atoms with Gasteiger partial charge in [0.1, 0.15) is 5.70 Å². The largest absolute Gasteiger partial charge is 0.519 e. The summed E-state index contributed by atoms with van der Waals surface area (Å²) in [5, 5.41) is 12.6. The van der Waals surface area contributed by atoms with Crippen LogP contribution in [0.15, 0.2) is 43.6 Å². The molecule has 2 N–H and O–H groups in total. The lowest BCUT2D eigenvalue weighted by atomic mass is 9.82. The maximum absolute atomic E-state index is 13.0. The number of amides is 2. The van der Waals surface area contributed by atoms with Crippen molar-refractivity contribution in [3.8, 4) is 0 Å². The fourth-order valence-electron chi connectivity index (χ4n) is 4.21. The normalized spacial score (nSPS) is 20.6. The van der Waals surface area contributed by atoms with Gasteiger partial charge in [0, 0.05) is 12.6 Å². The highest BCUT2D eigenvalue weighted by molar-refractivity contribution is 6.07. The number of hydrogen-bond donors (Lipinski definition) is 2. The lowest BCUT2D eigenvalue weighted by molar-refractivity contribution is -0.162. The molecule has 0 saturated carbocycles. The van der Waals surface area contributed by atoms with E-state index in [9.17, 15) is 24.3 Å². The van der Waals surface area contributed by atoms with Gasteiger partial charge < -0.3 is 28.9 Å². The van der Waals surface area contributed by atoms with Gasteiger partial charge in [0.25, 0.3) is 5.91 Å².